The zero-order valence-corrected chi connectivity index (χ0v) is 21.5. The molecule has 2 aliphatic rings. The number of fused-ring (bicyclic) bond motifs is 1. The predicted molar refractivity (Wildman–Crippen MR) is 141 cm³/mol. The van der Waals surface area contributed by atoms with Crippen molar-refractivity contribution in [3.8, 4) is 11.3 Å². The third kappa shape index (κ3) is 5.48. The Balaban J connectivity index is 1.46. The van der Waals surface area contributed by atoms with E-state index < -0.39 is 0 Å². The molecule has 34 heavy (non-hydrogen) atoms. The molecule has 4 rings (SSSR count). The minimum Gasteiger partial charge on any atom is -0.396 e. The van der Waals surface area contributed by atoms with Crippen molar-refractivity contribution < 1.29 is 10.2 Å². The molecule has 1 fully saturated rings. The molecule has 0 amide bonds. The first-order valence-electron chi connectivity index (χ1n) is 13.1. The lowest BCUT2D eigenvalue weighted by molar-refractivity contribution is 0.201. The molecule has 5 nitrogen and oxygen atoms in total. The molecule has 186 valence electrons. The highest BCUT2D eigenvalue weighted by molar-refractivity contribution is 5.65. The van der Waals surface area contributed by atoms with Gasteiger partial charge in [0.15, 0.2) is 0 Å². The summed E-state index contributed by atoms with van der Waals surface area (Å²) < 4.78 is 0. The van der Waals surface area contributed by atoms with Gasteiger partial charge in [-0.15, -0.1) is 0 Å². The van der Waals surface area contributed by atoms with Crippen LogP contribution in [0.15, 0.2) is 36.4 Å². The Labute approximate surface area is 205 Å². The van der Waals surface area contributed by atoms with Crippen LogP contribution in [0.1, 0.15) is 77.3 Å². The number of anilines is 1. The van der Waals surface area contributed by atoms with Crippen LogP contribution in [0.5, 0.6) is 0 Å². The second kappa shape index (κ2) is 10.3. The van der Waals surface area contributed by atoms with Gasteiger partial charge in [-0.05, 0) is 78.7 Å². The van der Waals surface area contributed by atoms with Crippen LogP contribution in [0.25, 0.3) is 11.3 Å². The Kier molecular flexibility index (Phi) is 7.66. The molecule has 1 aromatic heterocycles. The molecule has 1 aromatic carbocycles. The Morgan fingerprint density at radius 2 is 1.71 bits per heavy atom. The van der Waals surface area contributed by atoms with E-state index in [4.69, 9.17) is 10.1 Å². The van der Waals surface area contributed by atoms with E-state index in [1.165, 1.54) is 29.5 Å². The van der Waals surface area contributed by atoms with Crippen molar-refractivity contribution in [2.24, 2.45) is 0 Å². The standard InChI is InChI=1S/C29H43N3O2/c1-28(2)14-15-29(3,4)25-19-21(10-11-24(25)28)26-8-5-9-27(31-26)32-16-12-22(13-17-32)30-23(20-34)7-6-18-33/h5,8-11,19,22-23,30,33-34H,6-7,12-18,20H2,1-4H3. The van der Waals surface area contributed by atoms with Crippen molar-refractivity contribution in [3.63, 3.8) is 0 Å². The molecule has 1 saturated heterocycles. The van der Waals surface area contributed by atoms with Crippen LogP contribution in [-0.2, 0) is 10.8 Å². The van der Waals surface area contributed by atoms with Crippen molar-refractivity contribution in [2.75, 3.05) is 31.2 Å². The fraction of sp³-hybridized carbons (Fsp3) is 0.621. The third-order valence-electron chi connectivity index (χ3n) is 8.10. The van der Waals surface area contributed by atoms with Crippen LogP contribution in [0, 0.1) is 0 Å². The van der Waals surface area contributed by atoms with Crippen molar-refractivity contribution in [2.45, 2.75) is 89.1 Å². The van der Waals surface area contributed by atoms with Crippen LogP contribution in [-0.4, -0.2) is 53.6 Å². The van der Waals surface area contributed by atoms with Crippen LogP contribution >= 0.6 is 0 Å². The van der Waals surface area contributed by atoms with Gasteiger partial charge in [0.2, 0.25) is 0 Å². The topological polar surface area (TPSA) is 68.6 Å². The molecule has 3 N–H and O–H groups in total. The second-order valence-corrected chi connectivity index (χ2v) is 11.6. The van der Waals surface area contributed by atoms with Crippen LogP contribution in [0.4, 0.5) is 5.82 Å². The van der Waals surface area contributed by atoms with Crippen LogP contribution < -0.4 is 10.2 Å². The molecule has 1 aliphatic heterocycles. The minimum atomic E-state index is 0.0726. The van der Waals surface area contributed by atoms with Gasteiger partial charge in [0.1, 0.15) is 5.82 Å². The molecule has 0 radical (unpaired) electrons. The number of aromatic nitrogens is 1. The third-order valence-corrected chi connectivity index (χ3v) is 8.10. The van der Waals surface area contributed by atoms with Crippen molar-refractivity contribution in [3.05, 3.63) is 47.5 Å². The number of piperidine rings is 1. The lowest BCUT2D eigenvalue weighted by Gasteiger charge is -2.42. The SMILES string of the molecule is CC1(C)CCC(C)(C)c2cc(-c3cccc(N4CCC(NC(CO)CCCO)CC4)n3)ccc21. The molecule has 0 bridgehead atoms. The number of pyridine rings is 1. The van der Waals surface area contributed by atoms with Gasteiger partial charge in [0, 0.05) is 37.3 Å². The monoisotopic (exact) mass is 465 g/mol. The van der Waals surface area contributed by atoms with Crippen molar-refractivity contribution in [1.82, 2.24) is 10.3 Å². The van der Waals surface area contributed by atoms with E-state index in [9.17, 15) is 5.11 Å². The minimum absolute atomic E-state index is 0.0726. The van der Waals surface area contributed by atoms with Crippen molar-refractivity contribution in [1.29, 1.82) is 0 Å². The van der Waals surface area contributed by atoms with Gasteiger partial charge >= 0.3 is 0 Å². The number of aliphatic hydroxyl groups excluding tert-OH is 2. The molecule has 1 atom stereocenters. The van der Waals surface area contributed by atoms with E-state index in [2.05, 4.69) is 74.3 Å². The number of aliphatic hydroxyl groups is 2. The molecule has 5 heteroatoms. The maximum absolute atomic E-state index is 9.62. The van der Waals surface area contributed by atoms with Crippen LogP contribution in [0.2, 0.25) is 0 Å². The molecular formula is C29H43N3O2. The number of benzene rings is 1. The molecule has 2 aromatic rings. The number of nitrogens with one attached hydrogen (secondary N) is 1. The second-order valence-electron chi connectivity index (χ2n) is 11.6. The Morgan fingerprint density at radius 1 is 1.00 bits per heavy atom. The summed E-state index contributed by atoms with van der Waals surface area (Å²) in [6.07, 6.45) is 6.04. The summed E-state index contributed by atoms with van der Waals surface area (Å²) >= 11 is 0. The Morgan fingerprint density at radius 3 is 2.38 bits per heavy atom. The summed E-state index contributed by atoms with van der Waals surface area (Å²) in [5.74, 6) is 1.05. The maximum Gasteiger partial charge on any atom is 0.129 e. The largest absolute Gasteiger partial charge is 0.396 e. The van der Waals surface area contributed by atoms with Gasteiger partial charge in [0.25, 0.3) is 0 Å². The number of rotatable bonds is 8. The van der Waals surface area contributed by atoms with Gasteiger partial charge in [-0.25, -0.2) is 4.98 Å². The van der Waals surface area contributed by atoms with E-state index in [1.807, 2.05) is 0 Å². The normalized spacial score (nSPS) is 20.7. The predicted octanol–water partition coefficient (Wildman–Crippen LogP) is 4.79. The van der Waals surface area contributed by atoms with E-state index in [-0.39, 0.29) is 30.1 Å². The van der Waals surface area contributed by atoms with Gasteiger partial charge in [-0.2, -0.15) is 0 Å². The highest BCUT2D eigenvalue weighted by Crippen LogP contribution is 2.46. The van der Waals surface area contributed by atoms with E-state index in [1.54, 1.807) is 0 Å². The molecule has 2 heterocycles. The molecule has 1 unspecified atom stereocenters. The maximum atomic E-state index is 9.62. The summed E-state index contributed by atoms with van der Waals surface area (Å²) in [6.45, 7) is 11.7. The lowest BCUT2D eigenvalue weighted by Crippen LogP contribution is -2.47. The number of hydrogen-bond acceptors (Lipinski definition) is 5. The van der Waals surface area contributed by atoms with Crippen LogP contribution in [0.3, 0.4) is 0 Å². The van der Waals surface area contributed by atoms with Gasteiger partial charge in [-0.1, -0.05) is 45.9 Å². The van der Waals surface area contributed by atoms with E-state index in [0.717, 1.165) is 50.3 Å². The zero-order chi connectivity index (χ0) is 24.3. The smallest absolute Gasteiger partial charge is 0.129 e. The summed E-state index contributed by atoms with van der Waals surface area (Å²) in [7, 11) is 0. The highest BCUT2D eigenvalue weighted by atomic mass is 16.3. The molecular weight excluding hydrogens is 422 g/mol. The average Bonchev–Trinajstić information content (AvgIpc) is 2.85. The first-order valence-corrected chi connectivity index (χ1v) is 13.1. The van der Waals surface area contributed by atoms with Gasteiger partial charge < -0.3 is 20.4 Å². The fourth-order valence-corrected chi connectivity index (χ4v) is 5.68. The number of nitrogens with zero attached hydrogens (tertiary/aromatic N) is 2. The Hall–Kier alpha value is -1.95. The number of hydrogen-bond donors (Lipinski definition) is 3. The lowest BCUT2D eigenvalue weighted by atomic mass is 9.63. The van der Waals surface area contributed by atoms with E-state index in [0.29, 0.717) is 6.04 Å². The van der Waals surface area contributed by atoms with Gasteiger partial charge in [0.05, 0.1) is 12.3 Å². The van der Waals surface area contributed by atoms with E-state index >= 15 is 0 Å². The molecule has 0 spiro atoms. The summed E-state index contributed by atoms with van der Waals surface area (Å²) in [5.41, 5.74) is 5.63. The summed E-state index contributed by atoms with van der Waals surface area (Å²) in [6, 6.07) is 13.9. The first-order chi connectivity index (χ1) is 16.2. The quantitative estimate of drug-likeness (QED) is 0.523. The van der Waals surface area contributed by atoms with Gasteiger partial charge in [-0.3, -0.25) is 0 Å². The zero-order valence-electron chi connectivity index (χ0n) is 21.5. The fourth-order valence-electron chi connectivity index (χ4n) is 5.68. The van der Waals surface area contributed by atoms with Crippen molar-refractivity contribution >= 4 is 5.82 Å². The average molecular weight is 466 g/mol. The Bertz CT molecular complexity index is 964. The molecule has 1 aliphatic carbocycles. The first kappa shape index (κ1) is 25.2. The molecule has 0 saturated carbocycles. The summed E-state index contributed by atoms with van der Waals surface area (Å²) in [5, 5.41) is 22.3. The summed E-state index contributed by atoms with van der Waals surface area (Å²) in [4.78, 5) is 7.46. The highest BCUT2D eigenvalue weighted by Gasteiger charge is 2.37.